The Morgan fingerprint density at radius 3 is 1.74 bits per heavy atom. The SMILES string of the molecule is CN[C@H](C(=O)N[C@H](C(=O)N(C)[C@H](/C=C(\C)C(=O)O)C(C)C)C(C)(C)C)C(C)(C)c1ccc(OCCOCCOCCOCCOCCS)cc1. The summed E-state index contributed by atoms with van der Waals surface area (Å²) >= 11 is 4.08. The van der Waals surface area contributed by atoms with Crippen molar-refractivity contribution < 1.29 is 43.2 Å². The van der Waals surface area contributed by atoms with Crippen LogP contribution >= 0.6 is 12.6 Å². The minimum atomic E-state index is -1.04. The molecule has 0 aliphatic rings. The first-order chi connectivity index (χ1) is 23.5. The van der Waals surface area contributed by atoms with Gasteiger partial charge in [-0.05, 0) is 43.0 Å². The van der Waals surface area contributed by atoms with Crippen LogP contribution in [0.15, 0.2) is 35.9 Å². The zero-order valence-electron chi connectivity index (χ0n) is 31.9. The fourth-order valence-electron chi connectivity index (χ4n) is 5.32. The highest BCUT2D eigenvalue weighted by molar-refractivity contribution is 7.80. The van der Waals surface area contributed by atoms with Crippen LogP contribution in [0.3, 0.4) is 0 Å². The van der Waals surface area contributed by atoms with Gasteiger partial charge in [-0.2, -0.15) is 12.6 Å². The largest absolute Gasteiger partial charge is 0.491 e. The molecule has 50 heavy (non-hydrogen) atoms. The Morgan fingerprint density at radius 1 is 0.840 bits per heavy atom. The monoisotopic (exact) mass is 725 g/mol. The quantitative estimate of drug-likeness (QED) is 0.0664. The van der Waals surface area contributed by atoms with Crippen molar-refractivity contribution in [2.75, 3.05) is 79.3 Å². The summed E-state index contributed by atoms with van der Waals surface area (Å²) in [5.41, 5.74) is -0.220. The Bertz CT molecular complexity index is 1190. The molecule has 0 aromatic heterocycles. The molecule has 1 aromatic carbocycles. The van der Waals surface area contributed by atoms with Gasteiger partial charge in [0.1, 0.15) is 18.4 Å². The van der Waals surface area contributed by atoms with Gasteiger partial charge in [-0.15, -0.1) is 0 Å². The normalized spacial score (nSPS) is 14.3. The van der Waals surface area contributed by atoms with Crippen molar-refractivity contribution in [1.29, 1.82) is 0 Å². The van der Waals surface area contributed by atoms with Gasteiger partial charge in [0.05, 0.1) is 64.9 Å². The van der Waals surface area contributed by atoms with E-state index >= 15 is 0 Å². The van der Waals surface area contributed by atoms with Gasteiger partial charge in [0, 0.05) is 23.8 Å². The molecule has 0 aliphatic carbocycles. The average Bonchev–Trinajstić information content (AvgIpc) is 3.05. The number of hydrogen-bond acceptors (Lipinski definition) is 10. The van der Waals surface area contributed by atoms with Gasteiger partial charge in [0.15, 0.2) is 0 Å². The number of carbonyl (C=O) groups excluding carboxylic acids is 2. The summed E-state index contributed by atoms with van der Waals surface area (Å²) in [7, 11) is 3.37. The van der Waals surface area contributed by atoms with Crippen LogP contribution in [0.1, 0.15) is 61.0 Å². The summed E-state index contributed by atoms with van der Waals surface area (Å²) in [5.74, 6) is -0.326. The maximum Gasteiger partial charge on any atom is 0.331 e. The van der Waals surface area contributed by atoms with Crippen molar-refractivity contribution >= 4 is 30.4 Å². The molecular weight excluding hydrogens is 662 g/mol. The van der Waals surface area contributed by atoms with Crippen LogP contribution < -0.4 is 15.4 Å². The van der Waals surface area contributed by atoms with Crippen LogP contribution in [0.4, 0.5) is 0 Å². The molecule has 3 N–H and O–H groups in total. The predicted molar refractivity (Wildman–Crippen MR) is 199 cm³/mol. The highest BCUT2D eigenvalue weighted by Gasteiger charge is 2.41. The standard InChI is InChI=1S/C37H63N3O9S/c1-26(2)30(25-27(3)35(43)44)40(10)34(42)32(36(4,5)6)39-33(41)31(38-9)37(7,8)28-11-13-29(14-12-28)49-22-21-47-18-17-45-15-16-46-19-20-48-23-24-50/h11-14,25-26,30-32,38,50H,15-24H2,1-10H3,(H,39,41)(H,43,44)/b27-25+/t30-,31-,32-/m1/s1. The summed E-state index contributed by atoms with van der Waals surface area (Å²) < 4.78 is 27.6. The molecule has 12 nitrogen and oxygen atoms in total. The minimum Gasteiger partial charge on any atom is -0.491 e. The average molecular weight is 726 g/mol. The molecule has 2 amide bonds. The van der Waals surface area contributed by atoms with Crippen molar-refractivity contribution in [1.82, 2.24) is 15.5 Å². The van der Waals surface area contributed by atoms with E-state index in [4.69, 9.17) is 23.7 Å². The van der Waals surface area contributed by atoms with Crippen molar-refractivity contribution in [3.63, 3.8) is 0 Å². The fourth-order valence-corrected chi connectivity index (χ4v) is 5.44. The van der Waals surface area contributed by atoms with E-state index < -0.39 is 34.9 Å². The van der Waals surface area contributed by atoms with Gasteiger partial charge in [-0.1, -0.05) is 66.7 Å². The van der Waals surface area contributed by atoms with E-state index in [1.54, 1.807) is 20.2 Å². The third-order valence-corrected chi connectivity index (χ3v) is 8.54. The molecule has 13 heteroatoms. The van der Waals surface area contributed by atoms with Crippen molar-refractivity contribution in [3.8, 4) is 5.75 Å². The number of benzene rings is 1. The second-order valence-corrected chi connectivity index (χ2v) is 14.6. The van der Waals surface area contributed by atoms with E-state index in [9.17, 15) is 19.5 Å². The zero-order chi connectivity index (χ0) is 37.9. The highest BCUT2D eigenvalue weighted by Crippen LogP contribution is 2.30. The molecular formula is C37H63N3O9S. The first-order valence-electron chi connectivity index (χ1n) is 17.3. The Hall–Kier alpha value is -2.68. The van der Waals surface area contributed by atoms with E-state index in [2.05, 4.69) is 23.3 Å². The molecule has 286 valence electrons. The van der Waals surface area contributed by atoms with Gasteiger partial charge in [-0.25, -0.2) is 4.79 Å². The van der Waals surface area contributed by atoms with Crippen LogP contribution in [0, 0.1) is 11.3 Å². The third kappa shape index (κ3) is 15.7. The van der Waals surface area contributed by atoms with Crippen molar-refractivity contribution in [2.24, 2.45) is 11.3 Å². The number of ether oxygens (including phenoxy) is 5. The minimum absolute atomic E-state index is 0.0480. The number of nitrogens with zero attached hydrogens (tertiary/aromatic N) is 1. The second-order valence-electron chi connectivity index (χ2n) is 14.1. The zero-order valence-corrected chi connectivity index (χ0v) is 32.8. The van der Waals surface area contributed by atoms with E-state index in [0.29, 0.717) is 71.0 Å². The molecule has 0 radical (unpaired) electrons. The molecule has 0 unspecified atom stereocenters. The molecule has 0 heterocycles. The Labute approximate surface area is 305 Å². The molecule has 0 aliphatic heterocycles. The van der Waals surface area contributed by atoms with Gasteiger partial charge >= 0.3 is 5.97 Å². The molecule has 1 rings (SSSR count). The first kappa shape index (κ1) is 45.3. The molecule has 0 saturated carbocycles. The van der Waals surface area contributed by atoms with Crippen LogP contribution in [0.2, 0.25) is 0 Å². The number of likely N-dealkylation sites (N-methyl/N-ethyl adjacent to an activating group) is 2. The Morgan fingerprint density at radius 2 is 1.32 bits per heavy atom. The fraction of sp³-hybridized carbons (Fsp3) is 0.703. The molecule has 0 saturated heterocycles. The summed E-state index contributed by atoms with van der Waals surface area (Å²) in [4.78, 5) is 40.8. The van der Waals surface area contributed by atoms with Crippen LogP contribution in [-0.2, 0) is 38.7 Å². The first-order valence-corrected chi connectivity index (χ1v) is 17.9. The third-order valence-electron chi connectivity index (χ3n) is 8.35. The number of carboxylic acid groups (broad SMARTS) is 1. The number of hydrogen-bond donors (Lipinski definition) is 4. The van der Waals surface area contributed by atoms with Gasteiger partial charge in [0.25, 0.3) is 0 Å². The Kier molecular flexibility index (Phi) is 20.9. The summed E-state index contributed by atoms with van der Waals surface area (Å²) in [6, 6.07) is 5.59. The van der Waals surface area contributed by atoms with E-state index in [-0.39, 0.29) is 23.3 Å². The lowest BCUT2D eigenvalue weighted by molar-refractivity contribution is -0.141. The lowest BCUT2D eigenvalue weighted by Crippen LogP contribution is -2.61. The Balaban J connectivity index is 2.75. The number of aliphatic carboxylic acids is 1. The number of carboxylic acids is 1. The smallest absolute Gasteiger partial charge is 0.331 e. The van der Waals surface area contributed by atoms with E-state index in [1.165, 1.54) is 11.8 Å². The number of nitrogens with one attached hydrogen (secondary N) is 2. The second kappa shape index (κ2) is 23.0. The molecule has 0 spiro atoms. The van der Waals surface area contributed by atoms with Crippen molar-refractivity contribution in [3.05, 3.63) is 41.5 Å². The molecule has 3 atom stereocenters. The summed E-state index contributed by atoms with van der Waals surface area (Å²) in [5, 5.41) is 15.6. The van der Waals surface area contributed by atoms with Crippen LogP contribution in [0.25, 0.3) is 0 Å². The predicted octanol–water partition coefficient (Wildman–Crippen LogP) is 3.97. The number of amides is 2. The van der Waals surface area contributed by atoms with Gasteiger partial charge in [-0.3, -0.25) is 9.59 Å². The molecule has 0 fully saturated rings. The lowest BCUT2D eigenvalue weighted by Gasteiger charge is -2.40. The van der Waals surface area contributed by atoms with E-state index in [0.717, 1.165) is 5.56 Å². The topological polar surface area (TPSA) is 145 Å². The van der Waals surface area contributed by atoms with Crippen LogP contribution in [0.5, 0.6) is 5.75 Å². The summed E-state index contributed by atoms with van der Waals surface area (Å²) in [6.07, 6.45) is 1.59. The molecule has 1 aromatic rings. The number of rotatable bonds is 25. The number of carbonyl (C=O) groups is 3. The van der Waals surface area contributed by atoms with Gasteiger partial charge in [0.2, 0.25) is 11.8 Å². The van der Waals surface area contributed by atoms with E-state index in [1.807, 2.05) is 72.7 Å². The lowest BCUT2D eigenvalue weighted by atomic mass is 9.76. The highest BCUT2D eigenvalue weighted by atomic mass is 32.1. The van der Waals surface area contributed by atoms with Crippen LogP contribution in [-0.4, -0.2) is 125 Å². The molecule has 0 bridgehead atoms. The maximum absolute atomic E-state index is 13.9. The summed E-state index contributed by atoms with van der Waals surface area (Å²) in [6.45, 7) is 19.4. The van der Waals surface area contributed by atoms with Crippen molar-refractivity contribution in [2.45, 2.75) is 78.9 Å². The number of thiol groups is 1. The van der Waals surface area contributed by atoms with Gasteiger partial charge < -0.3 is 44.3 Å². The maximum atomic E-state index is 13.9.